The van der Waals surface area contributed by atoms with Crippen LogP contribution in [0.4, 0.5) is 0 Å². The summed E-state index contributed by atoms with van der Waals surface area (Å²) in [5.41, 5.74) is -0.0137. The first kappa shape index (κ1) is 19.3. The number of esters is 2. The summed E-state index contributed by atoms with van der Waals surface area (Å²) in [5.74, 6) is -0.625. The zero-order chi connectivity index (χ0) is 19.9. The molecule has 2 aromatic rings. The highest BCUT2D eigenvalue weighted by Gasteiger charge is 2.59. The maximum atomic E-state index is 13.0. The van der Waals surface area contributed by atoms with Crippen LogP contribution in [0.5, 0.6) is 0 Å². The summed E-state index contributed by atoms with van der Waals surface area (Å²) in [7, 11) is 1.38. The van der Waals surface area contributed by atoms with Crippen LogP contribution in [0, 0.1) is 0 Å². The molecule has 6 heteroatoms. The van der Waals surface area contributed by atoms with Gasteiger partial charge in [0.1, 0.15) is 6.10 Å². The van der Waals surface area contributed by atoms with Crippen molar-refractivity contribution in [2.45, 2.75) is 42.6 Å². The Bertz CT molecular complexity index is 895. The molecule has 0 saturated heterocycles. The van der Waals surface area contributed by atoms with Crippen LogP contribution in [0.25, 0.3) is 0 Å². The first-order valence-electron chi connectivity index (χ1n) is 9.22. The van der Waals surface area contributed by atoms with Gasteiger partial charge in [0.2, 0.25) is 0 Å². The van der Waals surface area contributed by atoms with E-state index in [9.17, 15) is 9.59 Å². The topological polar surface area (TPSA) is 52.6 Å². The molecule has 28 heavy (non-hydrogen) atoms. The van der Waals surface area contributed by atoms with E-state index in [0.717, 1.165) is 5.56 Å². The number of halogens is 2. The maximum absolute atomic E-state index is 13.0. The highest BCUT2D eigenvalue weighted by atomic mass is 35.5. The van der Waals surface area contributed by atoms with E-state index in [4.69, 9.17) is 32.7 Å². The second kappa shape index (κ2) is 7.09. The Kier molecular flexibility index (Phi) is 4.88. The number of carbonyl (C=O) groups excluding carboxylic acids is 2. The lowest BCUT2D eigenvalue weighted by Crippen LogP contribution is -2.53. The number of benzene rings is 2. The summed E-state index contributed by atoms with van der Waals surface area (Å²) in [4.78, 5) is 25.4. The van der Waals surface area contributed by atoms with E-state index in [1.807, 2.05) is 30.3 Å². The lowest BCUT2D eigenvalue weighted by molar-refractivity contribution is -0.171. The van der Waals surface area contributed by atoms with Crippen molar-refractivity contribution in [1.82, 2.24) is 0 Å². The van der Waals surface area contributed by atoms with E-state index in [1.54, 1.807) is 18.2 Å². The van der Waals surface area contributed by atoms with Gasteiger partial charge in [0.15, 0.2) is 0 Å². The maximum Gasteiger partial charge on any atom is 0.316 e. The zero-order valence-electron chi connectivity index (χ0n) is 15.4. The van der Waals surface area contributed by atoms with Crippen LogP contribution in [0.2, 0.25) is 10.0 Å². The Labute approximate surface area is 173 Å². The number of rotatable bonds is 5. The highest BCUT2D eigenvalue weighted by Crippen LogP contribution is 2.55. The fraction of sp³-hybridized carbons (Fsp3) is 0.364. The molecule has 0 heterocycles. The van der Waals surface area contributed by atoms with E-state index in [-0.39, 0.29) is 18.0 Å². The Morgan fingerprint density at radius 2 is 1.50 bits per heavy atom. The van der Waals surface area contributed by atoms with Gasteiger partial charge in [-0.3, -0.25) is 9.59 Å². The van der Waals surface area contributed by atoms with Crippen molar-refractivity contribution in [2.75, 3.05) is 7.11 Å². The molecule has 2 saturated carbocycles. The molecule has 2 aliphatic rings. The lowest BCUT2D eigenvalue weighted by atomic mass is 9.62. The molecule has 2 aliphatic carbocycles. The Morgan fingerprint density at radius 3 is 2.04 bits per heavy atom. The fourth-order valence-corrected chi connectivity index (χ4v) is 4.93. The van der Waals surface area contributed by atoms with Gasteiger partial charge in [0.05, 0.1) is 17.9 Å². The van der Waals surface area contributed by atoms with Gasteiger partial charge >= 0.3 is 11.9 Å². The van der Waals surface area contributed by atoms with E-state index in [1.165, 1.54) is 7.11 Å². The summed E-state index contributed by atoms with van der Waals surface area (Å²) in [6, 6.07) is 14.7. The van der Waals surface area contributed by atoms with Crippen LogP contribution < -0.4 is 0 Å². The van der Waals surface area contributed by atoms with E-state index >= 15 is 0 Å². The molecular weight excluding hydrogens is 399 g/mol. The average molecular weight is 419 g/mol. The summed E-state index contributed by atoms with van der Waals surface area (Å²) < 4.78 is 10.8. The van der Waals surface area contributed by atoms with Crippen molar-refractivity contribution >= 4 is 35.1 Å². The molecule has 4 nitrogen and oxygen atoms in total. The molecule has 0 N–H and O–H groups in total. The Balaban J connectivity index is 1.51. The molecule has 0 radical (unpaired) electrons. The van der Waals surface area contributed by atoms with Gasteiger partial charge in [0.25, 0.3) is 0 Å². The molecule has 4 rings (SSSR count). The van der Waals surface area contributed by atoms with Crippen LogP contribution in [-0.4, -0.2) is 25.2 Å². The largest absolute Gasteiger partial charge is 0.468 e. The van der Waals surface area contributed by atoms with Gasteiger partial charge in [-0.2, -0.15) is 0 Å². The summed E-state index contributed by atoms with van der Waals surface area (Å²) in [5, 5.41) is 0.951. The summed E-state index contributed by atoms with van der Waals surface area (Å²) in [6.07, 6.45) is 1.78. The second-order valence-electron chi connectivity index (χ2n) is 7.55. The molecule has 0 aromatic heterocycles. The summed E-state index contributed by atoms with van der Waals surface area (Å²) >= 11 is 12.6. The van der Waals surface area contributed by atoms with Gasteiger partial charge in [-0.15, -0.1) is 0 Å². The predicted molar refractivity (Wildman–Crippen MR) is 107 cm³/mol. The van der Waals surface area contributed by atoms with Crippen molar-refractivity contribution in [3.63, 3.8) is 0 Å². The minimum absolute atomic E-state index is 0.304. The highest BCUT2D eigenvalue weighted by molar-refractivity contribution is 6.36. The SMILES string of the molecule is COC(=O)C1(c2ccccc2)CC(OC(=O)C2(c3c(Cl)cccc3Cl)CC2)C1. The second-order valence-corrected chi connectivity index (χ2v) is 8.37. The monoisotopic (exact) mass is 418 g/mol. The van der Waals surface area contributed by atoms with E-state index in [2.05, 4.69) is 0 Å². The first-order chi connectivity index (χ1) is 13.4. The van der Waals surface area contributed by atoms with Gasteiger partial charge in [-0.05, 0) is 30.5 Å². The van der Waals surface area contributed by atoms with Crippen LogP contribution >= 0.6 is 23.2 Å². The van der Waals surface area contributed by atoms with E-state index < -0.39 is 10.8 Å². The molecule has 0 unspecified atom stereocenters. The van der Waals surface area contributed by atoms with Crippen LogP contribution in [0.3, 0.4) is 0 Å². The Morgan fingerprint density at radius 1 is 0.893 bits per heavy atom. The van der Waals surface area contributed by atoms with Gasteiger partial charge < -0.3 is 9.47 Å². The molecular formula is C22H20Cl2O4. The molecule has 0 spiro atoms. The summed E-state index contributed by atoms with van der Waals surface area (Å²) in [6.45, 7) is 0. The van der Waals surface area contributed by atoms with Crippen molar-refractivity contribution in [3.8, 4) is 0 Å². The van der Waals surface area contributed by atoms with Gasteiger partial charge in [0, 0.05) is 28.5 Å². The van der Waals surface area contributed by atoms with Crippen molar-refractivity contribution in [2.24, 2.45) is 0 Å². The average Bonchev–Trinajstić information content (AvgIpc) is 3.46. The predicted octanol–water partition coefficient (Wildman–Crippen LogP) is 4.84. The van der Waals surface area contributed by atoms with Crippen molar-refractivity contribution in [3.05, 3.63) is 69.7 Å². The molecule has 2 fully saturated rings. The van der Waals surface area contributed by atoms with Gasteiger partial charge in [-0.1, -0.05) is 59.6 Å². The number of methoxy groups -OCH3 is 1. The number of carbonyl (C=O) groups is 2. The zero-order valence-corrected chi connectivity index (χ0v) is 16.9. The molecule has 0 aliphatic heterocycles. The van der Waals surface area contributed by atoms with Crippen LogP contribution in [0.1, 0.15) is 36.8 Å². The standard InChI is InChI=1S/C22H20Cl2O4/c1-27-19(25)22(14-6-3-2-4-7-14)12-15(13-22)28-20(26)21(10-11-21)18-16(23)8-5-9-17(18)24/h2-9,15H,10-13H2,1H3. The molecule has 0 atom stereocenters. The smallest absolute Gasteiger partial charge is 0.316 e. The van der Waals surface area contributed by atoms with Gasteiger partial charge in [-0.25, -0.2) is 0 Å². The third-order valence-electron chi connectivity index (χ3n) is 5.91. The lowest BCUT2D eigenvalue weighted by Gasteiger charge is -2.45. The number of hydrogen-bond donors (Lipinski definition) is 0. The molecule has 2 aromatic carbocycles. The molecule has 146 valence electrons. The van der Waals surface area contributed by atoms with Crippen molar-refractivity contribution in [1.29, 1.82) is 0 Å². The van der Waals surface area contributed by atoms with Crippen LogP contribution in [0.15, 0.2) is 48.5 Å². The minimum Gasteiger partial charge on any atom is -0.468 e. The molecule has 0 amide bonds. The molecule has 0 bridgehead atoms. The quantitative estimate of drug-likeness (QED) is 0.651. The number of hydrogen-bond acceptors (Lipinski definition) is 4. The van der Waals surface area contributed by atoms with Crippen LogP contribution in [-0.2, 0) is 29.9 Å². The first-order valence-corrected chi connectivity index (χ1v) is 9.98. The third-order valence-corrected chi connectivity index (χ3v) is 6.54. The minimum atomic E-state index is -0.772. The van der Waals surface area contributed by atoms with Crippen molar-refractivity contribution < 1.29 is 19.1 Å². The fourth-order valence-electron chi connectivity index (χ4n) is 4.17. The van der Waals surface area contributed by atoms with E-state index in [0.29, 0.717) is 41.3 Å². The Hall–Kier alpha value is -2.04. The third kappa shape index (κ3) is 2.99. The number of ether oxygens (including phenoxy) is 2. The normalized spacial score (nSPS) is 24.8.